The molecule has 11 heteroatoms. The maximum Gasteiger partial charge on any atom is 0.219 e. The quantitative estimate of drug-likeness (QED) is 0.113. The van der Waals surface area contributed by atoms with Gasteiger partial charge in [0, 0.05) is 49.1 Å². The van der Waals surface area contributed by atoms with E-state index >= 15 is 0 Å². The fourth-order valence-corrected chi connectivity index (χ4v) is 5.90. The van der Waals surface area contributed by atoms with Crippen molar-refractivity contribution in [1.29, 1.82) is 10.5 Å². The number of H-pyrrole nitrogens is 2. The average molecular weight is 732 g/mol. The number of aryl methyl sites for hydroxylation is 4. The molecule has 0 aliphatic rings. The third-order valence-electron chi connectivity index (χ3n) is 8.62. The van der Waals surface area contributed by atoms with E-state index in [1.54, 1.807) is 18.6 Å². The number of hydrogen-bond donors (Lipinski definition) is 3. The Morgan fingerprint density at radius 1 is 0.704 bits per heavy atom. The molecule has 0 unspecified atom stereocenters. The van der Waals surface area contributed by atoms with E-state index in [-0.39, 0.29) is 0 Å². The van der Waals surface area contributed by atoms with Crippen LogP contribution in [-0.2, 0) is 32.2 Å². The minimum atomic E-state index is 0.556. The summed E-state index contributed by atoms with van der Waals surface area (Å²) in [6.45, 7) is 4.68. The minimum absolute atomic E-state index is 0.556. The zero-order valence-corrected chi connectivity index (χ0v) is 30.7. The molecular weight excluding hydrogens is 694 g/mol. The monoisotopic (exact) mass is 731 g/mol. The van der Waals surface area contributed by atoms with Crippen molar-refractivity contribution in [3.63, 3.8) is 0 Å². The summed E-state index contributed by atoms with van der Waals surface area (Å²) in [6, 6.07) is 36.0. The van der Waals surface area contributed by atoms with Gasteiger partial charge in [-0.2, -0.15) is 20.7 Å². The first kappa shape index (κ1) is 37.0. The number of pyridine rings is 2. The number of hydrogen-bond acceptors (Lipinski definition) is 8. The van der Waals surface area contributed by atoms with Gasteiger partial charge in [0.05, 0.1) is 22.6 Å². The van der Waals surface area contributed by atoms with Crippen molar-refractivity contribution >= 4 is 17.4 Å². The van der Waals surface area contributed by atoms with Gasteiger partial charge in [-0.25, -0.2) is 4.98 Å². The van der Waals surface area contributed by atoms with Gasteiger partial charge in [-0.3, -0.25) is 15.2 Å². The van der Waals surface area contributed by atoms with Crippen molar-refractivity contribution in [3.05, 3.63) is 182 Å². The van der Waals surface area contributed by atoms with Crippen LogP contribution >= 0.6 is 11.6 Å². The lowest BCUT2D eigenvalue weighted by atomic mass is 10.0. The Labute approximate surface area is 319 Å². The summed E-state index contributed by atoms with van der Waals surface area (Å²) in [7, 11) is 0. The Bertz CT molecular complexity index is 2350. The number of halogens is 1. The van der Waals surface area contributed by atoms with E-state index in [9.17, 15) is 10.5 Å². The van der Waals surface area contributed by atoms with Gasteiger partial charge in [0.25, 0.3) is 0 Å². The van der Waals surface area contributed by atoms with E-state index in [4.69, 9.17) is 16.3 Å². The Balaban J connectivity index is 0.000000193. The predicted molar refractivity (Wildman–Crippen MR) is 209 cm³/mol. The molecule has 7 rings (SSSR count). The van der Waals surface area contributed by atoms with Crippen LogP contribution in [0.25, 0.3) is 0 Å². The van der Waals surface area contributed by atoms with Gasteiger partial charge in [-0.15, -0.1) is 0 Å². The van der Waals surface area contributed by atoms with Gasteiger partial charge in [0.2, 0.25) is 5.88 Å². The molecule has 4 aromatic heterocycles. The van der Waals surface area contributed by atoms with Crippen LogP contribution in [0.4, 0.5) is 5.82 Å². The lowest BCUT2D eigenvalue weighted by Crippen LogP contribution is -2.01. The molecule has 54 heavy (non-hydrogen) atoms. The summed E-state index contributed by atoms with van der Waals surface area (Å²) in [5.41, 5.74) is 10.3. The molecule has 7 aromatic rings. The van der Waals surface area contributed by atoms with Crippen LogP contribution in [0.15, 0.2) is 116 Å². The van der Waals surface area contributed by atoms with Gasteiger partial charge in [0.1, 0.15) is 23.5 Å². The van der Waals surface area contributed by atoms with Gasteiger partial charge in [-0.05, 0) is 84.8 Å². The molecule has 0 aliphatic carbocycles. The molecule has 0 saturated carbocycles. The normalized spacial score (nSPS) is 10.5. The number of anilines is 1. The molecule has 0 aliphatic heterocycles. The van der Waals surface area contributed by atoms with E-state index < -0.39 is 0 Å². The first-order chi connectivity index (χ1) is 26.4. The number of aromatic amines is 2. The first-order valence-electron chi connectivity index (χ1n) is 17.4. The number of nitrogens with one attached hydrogen (secondary N) is 3. The summed E-state index contributed by atoms with van der Waals surface area (Å²) in [5, 5.41) is 37.6. The summed E-state index contributed by atoms with van der Waals surface area (Å²) in [6.07, 6.45) is 7.96. The highest BCUT2D eigenvalue weighted by atomic mass is 35.5. The average Bonchev–Trinajstić information content (AvgIpc) is 3.77. The highest BCUT2D eigenvalue weighted by molar-refractivity contribution is 6.30. The van der Waals surface area contributed by atoms with Gasteiger partial charge >= 0.3 is 0 Å². The second kappa shape index (κ2) is 18.1. The minimum Gasteiger partial charge on any atom is -0.439 e. The third kappa shape index (κ3) is 10.2. The highest BCUT2D eigenvalue weighted by Crippen LogP contribution is 2.23. The number of benzene rings is 3. The molecule has 0 saturated heterocycles. The summed E-state index contributed by atoms with van der Waals surface area (Å²) in [4.78, 5) is 8.35. The van der Waals surface area contributed by atoms with Crippen molar-refractivity contribution in [2.24, 2.45) is 0 Å². The maximum absolute atomic E-state index is 9.65. The number of aromatic nitrogens is 6. The third-order valence-corrected chi connectivity index (χ3v) is 8.85. The maximum atomic E-state index is 9.65. The molecule has 268 valence electrons. The first-order valence-corrected chi connectivity index (χ1v) is 17.8. The second-order valence-electron chi connectivity index (χ2n) is 12.8. The topological polar surface area (TPSA) is 152 Å². The van der Waals surface area contributed by atoms with E-state index in [0.29, 0.717) is 53.7 Å². The van der Waals surface area contributed by atoms with Crippen LogP contribution in [0.5, 0.6) is 11.6 Å². The van der Waals surface area contributed by atoms with E-state index in [2.05, 4.69) is 79.0 Å². The smallest absolute Gasteiger partial charge is 0.219 e. The summed E-state index contributed by atoms with van der Waals surface area (Å²) >= 11 is 6.07. The SMILES string of the molecule is Cc1ccc(CNc2n[nH]c(Cc3cccnc3)c2C#N)cc1.Cc1ccc(Oc2ccc(CCc3n[nH]c(Cc4cccc(Cl)c4)c3C#N)cc2)nc1. The fraction of sp³-hybridized carbons (Fsp3) is 0.163. The lowest BCUT2D eigenvalue weighted by Gasteiger charge is -2.06. The van der Waals surface area contributed by atoms with Gasteiger partial charge < -0.3 is 10.1 Å². The summed E-state index contributed by atoms with van der Waals surface area (Å²) < 4.78 is 5.78. The van der Waals surface area contributed by atoms with E-state index in [1.807, 2.05) is 79.7 Å². The van der Waals surface area contributed by atoms with Gasteiger partial charge in [0.15, 0.2) is 5.82 Å². The molecule has 3 aromatic carbocycles. The van der Waals surface area contributed by atoms with Crippen molar-refractivity contribution in [2.75, 3.05) is 5.32 Å². The summed E-state index contributed by atoms with van der Waals surface area (Å²) in [5.74, 6) is 1.90. The van der Waals surface area contributed by atoms with Crippen LogP contribution in [0, 0.1) is 36.5 Å². The molecule has 10 nitrogen and oxygen atoms in total. The Morgan fingerprint density at radius 2 is 1.41 bits per heavy atom. The molecule has 0 spiro atoms. The number of rotatable bonds is 12. The Morgan fingerprint density at radius 3 is 2.11 bits per heavy atom. The molecule has 0 bridgehead atoms. The van der Waals surface area contributed by atoms with Crippen LogP contribution in [0.3, 0.4) is 0 Å². The van der Waals surface area contributed by atoms with Crippen molar-refractivity contribution in [3.8, 4) is 23.8 Å². The Hall–Kier alpha value is -6.75. The molecule has 0 radical (unpaired) electrons. The molecule has 4 heterocycles. The Kier molecular flexibility index (Phi) is 12.4. The lowest BCUT2D eigenvalue weighted by molar-refractivity contribution is 0.462. The highest BCUT2D eigenvalue weighted by Gasteiger charge is 2.15. The van der Waals surface area contributed by atoms with E-state index in [0.717, 1.165) is 57.1 Å². The molecule has 0 atom stereocenters. The predicted octanol–water partition coefficient (Wildman–Crippen LogP) is 8.99. The molecular formula is C43H38ClN9O. The fourth-order valence-electron chi connectivity index (χ4n) is 5.69. The number of nitriles is 2. The van der Waals surface area contributed by atoms with Crippen LogP contribution in [-0.4, -0.2) is 30.4 Å². The zero-order chi connectivity index (χ0) is 37.7. The number of ether oxygens (including phenoxy) is 1. The van der Waals surface area contributed by atoms with Crippen LogP contribution in [0.2, 0.25) is 5.02 Å². The number of nitrogens with zero attached hydrogens (tertiary/aromatic N) is 6. The van der Waals surface area contributed by atoms with Crippen LogP contribution < -0.4 is 10.1 Å². The molecule has 3 N–H and O–H groups in total. The van der Waals surface area contributed by atoms with Crippen molar-refractivity contribution in [1.82, 2.24) is 30.4 Å². The largest absolute Gasteiger partial charge is 0.439 e. The second-order valence-corrected chi connectivity index (χ2v) is 13.2. The van der Waals surface area contributed by atoms with E-state index in [1.165, 1.54) is 5.56 Å². The van der Waals surface area contributed by atoms with Crippen molar-refractivity contribution < 1.29 is 4.74 Å². The van der Waals surface area contributed by atoms with Crippen LogP contribution in [0.1, 0.15) is 61.6 Å². The molecule has 0 fully saturated rings. The zero-order valence-electron chi connectivity index (χ0n) is 30.0. The molecule has 0 amide bonds. The standard InChI is InChI=1S/C25H21ClN4O.C18H17N5/c1-17-5-12-25(28-16-17)31-21-9-6-18(7-10-21)8-11-23-22(15-27)24(30-29-23)14-19-3-2-4-20(26)13-19;1-13-4-6-14(7-5-13)12-21-18-16(10-19)17(22-23-18)9-15-3-2-8-20-11-15/h2-7,9-10,12-13,16H,8,11,14H2,1H3,(H,29,30);2-8,11H,9,12H2,1H3,(H2,21,22,23). The van der Waals surface area contributed by atoms with Crippen molar-refractivity contribution in [2.45, 2.75) is 46.1 Å². The van der Waals surface area contributed by atoms with Gasteiger partial charge in [-0.1, -0.05) is 77.8 Å².